The molecule has 0 aliphatic heterocycles. The standard InChI is InChI=1S/C14H13F2I3O4/c1-6(2)13(3,14(15,16)12(21)22)23-11(20)8-4-7(17)5-9(18)10(8)19/h4-6H,1-3H3,(H,21,22)/p-1. The second kappa shape index (κ2) is 7.62. The van der Waals surface area contributed by atoms with E-state index in [1.165, 1.54) is 19.9 Å². The molecule has 0 spiro atoms. The van der Waals surface area contributed by atoms with E-state index in [9.17, 15) is 23.5 Å². The van der Waals surface area contributed by atoms with Crippen molar-refractivity contribution in [3.05, 3.63) is 28.4 Å². The minimum atomic E-state index is -4.32. The summed E-state index contributed by atoms with van der Waals surface area (Å²) in [7, 11) is 0. The maximum Gasteiger partial charge on any atom is 0.340 e. The van der Waals surface area contributed by atoms with Crippen LogP contribution in [-0.4, -0.2) is 23.5 Å². The third-order valence-electron chi connectivity index (χ3n) is 3.50. The summed E-state index contributed by atoms with van der Waals surface area (Å²) in [5.74, 6) is -8.84. The predicted octanol–water partition coefficient (Wildman–Crippen LogP) is 3.46. The lowest BCUT2D eigenvalue weighted by Gasteiger charge is -2.40. The number of carboxylic acids is 1. The second-order valence-corrected chi connectivity index (χ2v) is 8.75. The molecule has 0 saturated carbocycles. The van der Waals surface area contributed by atoms with Gasteiger partial charge in [0.05, 0.1) is 5.56 Å². The molecule has 1 unspecified atom stereocenters. The Morgan fingerprint density at radius 1 is 1.22 bits per heavy atom. The van der Waals surface area contributed by atoms with Crippen LogP contribution >= 0.6 is 67.8 Å². The van der Waals surface area contributed by atoms with Gasteiger partial charge in [0, 0.05) is 10.7 Å². The largest absolute Gasteiger partial charge is 0.544 e. The van der Waals surface area contributed by atoms with Crippen molar-refractivity contribution in [3.8, 4) is 0 Å². The van der Waals surface area contributed by atoms with Crippen molar-refractivity contribution >= 4 is 79.7 Å². The molecule has 23 heavy (non-hydrogen) atoms. The molecular weight excluding hydrogens is 651 g/mol. The smallest absolute Gasteiger partial charge is 0.340 e. The second-order valence-electron chi connectivity index (χ2n) is 5.26. The number of halogens is 5. The number of carbonyl (C=O) groups is 2. The molecule has 1 atom stereocenters. The van der Waals surface area contributed by atoms with E-state index < -0.39 is 29.4 Å². The highest BCUT2D eigenvalue weighted by Crippen LogP contribution is 2.39. The van der Waals surface area contributed by atoms with Gasteiger partial charge in [-0.3, -0.25) is 0 Å². The fourth-order valence-electron chi connectivity index (χ4n) is 1.70. The quantitative estimate of drug-likeness (QED) is 0.276. The molecule has 0 radical (unpaired) electrons. The molecule has 0 saturated heterocycles. The minimum absolute atomic E-state index is 0.114. The Hall–Kier alpha value is 0.210. The summed E-state index contributed by atoms with van der Waals surface area (Å²) in [4.78, 5) is 23.2. The Bertz CT molecular complexity index is 649. The first-order valence-electron chi connectivity index (χ1n) is 6.31. The van der Waals surface area contributed by atoms with Gasteiger partial charge in [0.2, 0.25) is 0 Å². The molecule has 9 heteroatoms. The van der Waals surface area contributed by atoms with Gasteiger partial charge in [0.25, 0.3) is 0 Å². The molecule has 0 aromatic heterocycles. The van der Waals surface area contributed by atoms with Gasteiger partial charge in [0.1, 0.15) is 5.97 Å². The third-order valence-corrected chi connectivity index (χ3v) is 7.17. The molecule has 0 heterocycles. The Kier molecular flexibility index (Phi) is 7.04. The Labute approximate surface area is 173 Å². The van der Waals surface area contributed by atoms with E-state index in [4.69, 9.17) is 4.74 Å². The van der Waals surface area contributed by atoms with Gasteiger partial charge in [-0.25, -0.2) is 4.79 Å². The van der Waals surface area contributed by atoms with Crippen molar-refractivity contribution in [2.45, 2.75) is 32.3 Å². The summed E-state index contributed by atoms with van der Waals surface area (Å²) in [6.45, 7) is 3.61. The number of benzene rings is 1. The Morgan fingerprint density at radius 3 is 2.17 bits per heavy atom. The number of esters is 1. The lowest BCUT2D eigenvalue weighted by molar-refractivity contribution is -0.345. The number of carboxylic acid groups (broad SMARTS) is 1. The highest BCUT2D eigenvalue weighted by atomic mass is 127. The van der Waals surface area contributed by atoms with E-state index in [1.807, 2.05) is 73.8 Å². The van der Waals surface area contributed by atoms with Crippen LogP contribution in [0.3, 0.4) is 0 Å². The number of hydrogen-bond acceptors (Lipinski definition) is 4. The first-order valence-corrected chi connectivity index (χ1v) is 9.55. The SMILES string of the molecule is CC(C)C(C)(OC(=O)c1cc(I)cc(I)c1I)C(F)(F)C(=O)[O-]. The molecule has 0 amide bonds. The van der Waals surface area contributed by atoms with Crippen LogP contribution in [-0.2, 0) is 9.53 Å². The van der Waals surface area contributed by atoms with Crippen molar-refractivity contribution < 1.29 is 28.2 Å². The topological polar surface area (TPSA) is 66.4 Å². The average molecular weight is 663 g/mol. The Morgan fingerprint density at radius 2 is 1.74 bits per heavy atom. The average Bonchev–Trinajstić information content (AvgIpc) is 2.41. The number of carbonyl (C=O) groups excluding carboxylic acids is 2. The van der Waals surface area contributed by atoms with Crippen LogP contribution in [0.2, 0.25) is 0 Å². The van der Waals surface area contributed by atoms with Crippen LogP contribution < -0.4 is 5.11 Å². The molecule has 1 aromatic carbocycles. The van der Waals surface area contributed by atoms with Crippen molar-refractivity contribution in [2.75, 3.05) is 0 Å². The summed E-state index contributed by atoms with van der Waals surface area (Å²) in [5, 5.41) is 10.8. The van der Waals surface area contributed by atoms with E-state index in [2.05, 4.69) is 0 Å². The zero-order valence-electron chi connectivity index (χ0n) is 12.3. The summed E-state index contributed by atoms with van der Waals surface area (Å²) in [6, 6.07) is 3.32. The van der Waals surface area contributed by atoms with Crippen molar-refractivity contribution in [2.24, 2.45) is 5.92 Å². The number of aliphatic carboxylic acids is 1. The van der Waals surface area contributed by atoms with Gasteiger partial charge >= 0.3 is 11.9 Å². The first kappa shape index (κ1) is 21.3. The van der Waals surface area contributed by atoms with Gasteiger partial charge in [-0.05, 0) is 92.7 Å². The van der Waals surface area contributed by atoms with E-state index in [0.29, 0.717) is 3.57 Å². The summed E-state index contributed by atoms with van der Waals surface area (Å²) in [5.41, 5.74) is -2.42. The Balaban J connectivity index is 3.32. The van der Waals surface area contributed by atoms with Crippen molar-refractivity contribution in [3.63, 3.8) is 0 Å². The minimum Gasteiger partial charge on any atom is -0.544 e. The first-order chi connectivity index (χ1) is 10.3. The molecule has 1 rings (SSSR count). The van der Waals surface area contributed by atoms with Crippen LogP contribution in [0.25, 0.3) is 0 Å². The van der Waals surface area contributed by atoms with Gasteiger partial charge in [-0.2, -0.15) is 8.78 Å². The fourth-order valence-corrected chi connectivity index (χ4v) is 4.08. The summed E-state index contributed by atoms with van der Waals surface area (Å²) >= 11 is 5.92. The lowest BCUT2D eigenvalue weighted by Crippen LogP contribution is -2.61. The molecule has 0 N–H and O–H groups in total. The van der Waals surface area contributed by atoms with Crippen molar-refractivity contribution in [1.82, 2.24) is 0 Å². The van der Waals surface area contributed by atoms with Crippen LogP contribution in [0.15, 0.2) is 12.1 Å². The van der Waals surface area contributed by atoms with Crippen LogP contribution in [0.5, 0.6) is 0 Å². The number of hydrogen-bond donors (Lipinski definition) is 0. The van der Waals surface area contributed by atoms with Crippen LogP contribution in [0, 0.1) is 16.6 Å². The number of rotatable bonds is 5. The maximum absolute atomic E-state index is 14.0. The molecule has 0 fully saturated rings. The zero-order chi connectivity index (χ0) is 18.2. The maximum atomic E-state index is 14.0. The van der Waals surface area contributed by atoms with Crippen LogP contribution in [0.4, 0.5) is 8.78 Å². The molecule has 1 aromatic rings. The van der Waals surface area contributed by atoms with E-state index in [-0.39, 0.29) is 5.56 Å². The highest BCUT2D eigenvalue weighted by molar-refractivity contribution is 14.1. The van der Waals surface area contributed by atoms with E-state index >= 15 is 0 Å². The van der Waals surface area contributed by atoms with E-state index in [0.717, 1.165) is 14.1 Å². The predicted molar refractivity (Wildman–Crippen MR) is 103 cm³/mol. The monoisotopic (exact) mass is 663 g/mol. The van der Waals surface area contributed by atoms with Gasteiger partial charge in [0.15, 0.2) is 5.60 Å². The van der Waals surface area contributed by atoms with Gasteiger partial charge < -0.3 is 14.6 Å². The fraction of sp³-hybridized carbons (Fsp3) is 0.429. The van der Waals surface area contributed by atoms with Gasteiger partial charge in [-0.1, -0.05) is 13.8 Å². The lowest BCUT2D eigenvalue weighted by atomic mass is 9.85. The van der Waals surface area contributed by atoms with E-state index in [1.54, 1.807) is 0 Å². The van der Waals surface area contributed by atoms with Crippen molar-refractivity contribution in [1.29, 1.82) is 0 Å². The number of alkyl halides is 2. The van der Waals surface area contributed by atoms with Gasteiger partial charge in [-0.15, -0.1) is 0 Å². The third kappa shape index (κ3) is 4.25. The summed E-state index contributed by atoms with van der Waals surface area (Å²) < 4.78 is 35.1. The summed E-state index contributed by atoms with van der Waals surface area (Å²) in [6.07, 6.45) is 0. The normalized spacial score (nSPS) is 14.5. The molecule has 0 bridgehead atoms. The molecule has 0 aliphatic rings. The highest BCUT2D eigenvalue weighted by Gasteiger charge is 2.57. The molecule has 4 nitrogen and oxygen atoms in total. The molecule has 128 valence electrons. The zero-order valence-corrected chi connectivity index (χ0v) is 18.7. The molecular formula is C14H12F2I3O4-. The number of ether oxygens (including phenoxy) is 1. The van der Waals surface area contributed by atoms with Crippen LogP contribution in [0.1, 0.15) is 31.1 Å². The molecule has 0 aliphatic carbocycles.